The molecule has 0 heterocycles. The van der Waals surface area contributed by atoms with Crippen molar-refractivity contribution in [1.29, 1.82) is 0 Å². The molecule has 0 aliphatic rings. The van der Waals surface area contributed by atoms with Gasteiger partial charge in [0.05, 0.1) is 19.4 Å². The number of ether oxygens (including phenoxy) is 2. The lowest BCUT2D eigenvalue weighted by atomic mass is 10.1. The average Bonchev–Trinajstić information content (AvgIpc) is 2.74. The van der Waals surface area contributed by atoms with Gasteiger partial charge in [0.2, 0.25) is 0 Å². The second-order valence-electron chi connectivity index (χ2n) is 6.51. The van der Waals surface area contributed by atoms with Crippen LogP contribution < -0.4 is 14.8 Å². The highest BCUT2D eigenvalue weighted by molar-refractivity contribution is 7.98. The maximum Gasteiger partial charge on any atom is 0.255 e. The highest BCUT2D eigenvalue weighted by atomic mass is 32.2. The molecule has 0 radical (unpaired) electrons. The number of carbonyl (C=O) groups excluding carboxylic acids is 1. The quantitative estimate of drug-likeness (QED) is 0.469. The van der Waals surface area contributed by atoms with Crippen molar-refractivity contribution in [3.8, 4) is 11.5 Å². The van der Waals surface area contributed by atoms with Crippen molar-refractivity contribution >= 4 is 23.4 Å². The molecule has 5 heteroatoms. The van der Waals surface area contributed by atoms with E-state index in [9.17, 15) is 4.79 Å². The number of rotatable bonds is 8. The normalized spacial score (nSPS) is 10.4. The van der Waals surface area contributed by atoms with Crippen LogP contribution in [0.1, 0.15) is 28.4 Å². The first kappa shape index (κ1) is 20.8. The van der Waals surface area contributed by atoms with Crippen LogP contribution >= 0.6 is 11.8 Å². The lowest BCUT2D eigenvalue weighted by molar-refractivity contribution is 0.102. The average molecular weight is 408 g/mol. The van der Waals surface area contributed by atoms with E-state index < -0.39 is 0 Å². The Morgan fingerprint density at radius 2 is 1.76 bits per heavy atom. The molecule has 0 bridgehead atoms. The minimum Gasteiger partial charge on any atom is -0.496 e. The predicted molar refractivity (Wildman–Crippen MR) is 119 cm³/mol. The number of para-hydroxylation sites is 2. The summed E-state index contributed by atoms with van der Waals surface area (Å²) in [7, 11) is 1.65. The first-order valence-corrected chi connectivity index (χ1v) is 10.5. The van der Waals surface area contributed by atoms with Gasteiger partial charge in [-0.3, -0.25) is 4.79 Å². The fourth-order valence-corrected chi connectivity index (χ4v) is 3.75. The zero-order chi connectivity index (χ0) is 20.6. The smallest absolute Gasteiger partial charge is 0.255 e. The minimum atomic E-state index is -0.179. The van der Waals surface area contributed by atoms with E-state index in [2.05, 4.69) is 36.5 Å². The molecule has 1 N–H and O–H groups in total. The summed E-state index contributed by atoms with van der Waals surface area (Å²) in [5.41, 5.74) is 3.45. The molecule has 29 heavy (non-hydrogen) atoms. The third-order valence-corrected chi connectivity index (χ3v) is 5.45. The molecule has 0 aliphatic heterocycles. The van der Waals surface area contributed by atoms with E-state index in [1.165, 1.54) is 10.5 Å². The first-order chi connectivity index (χ1) is 14.1. The van der Waals surface area contributed by atoms with Crippen LogP contribution in [0.4, 0.5) is 5.69 Å². The van der Waals surface area contributed by atoms with Gasteiger partial charge in [0.15, 0.2) is 0 Å². The first-order valence-electron chi connectivity index (χ1n) is 9.50. The maximum atomic E-state index is 12.8. The number of thioether (sulfide) groups is 1. The topological polar surface area (TPSA) is 47.6 Å². The molecular formula is C24H25NO3S. The number of anilines is 1. The summed E-state index contributed by atoms with van der Waals surface area (Å²) in [6.07, 6.45) is 0. The lowest BCUT2D eigenvalue weighted by Gasteiger charge is -2.13. The van der Waals surface area contributed by atoms with Crippen LogP contribution in [0.25, 0.3) is 0 Å². The van der Waals surface area contributed by atoms with Crippen molar-refractivity contribution in [3.05, 3.63) is 83.4 Å². The summed E-state index contributed by atoms with van der Waals surface area (Å²) in [6, 6.07) is 21.3. The molecule has 0 spiro atoms. The molecule has 3 rings (SSSR count). The Kier molecular flexibility index (Phi) is 7.19. The summed E-state index contributed by atoms with van der Waals surface area (Å²) in [5, 5.41) is 2.94. The van der Waals surface area contributed by atoms with Crippen molar-refractivity contribution < 1.29 is 14.3 Å². The summed E-state index contributed by atoms with van der Waals surface area (Å²) >= 11 is 1.71. The third-order valence-electron chi connectivity index (χ3n) is 4.39. The highest BCUT2D eigenvalue weighted by Gasteiger charge is 2.13. The summed E-state index contributed by atoms with van der Waals surface area (Å²) in [5.74, 6) is 1.97. The van der Waals surface area contributed by atoms with Crippen LogP contribution in [0.15, 0.2) is 71.6 Å². The fraction of sp³-hybridized carbons (Fsp3) is 0.208. The van der Waals surface area contributed by atoms with Crippen LogP contribution in [-0.4, -0.2) is 19.6 Å². The molecule has 1 amide bonds. The van der Waals surface area contributed by atoms with Gasteiger partial charge in [-0.15, -0.1) is 11.8 Å². The maximum absolute atomic E-state index is 12.8. The van der Waals surface area contributed by atoms with Crippen LogP contribution in [-0.2, 0) is 5.75 Å². The second-order valence-corrected chi connectivity index (χ2v) is 7.56. The van der Waals surface area contributed by atoms with Crippen molar-refractivity contribution in [2.24, 2.45) is 0 Å². The molecule has 0 fully saturated rings. The van der Waals surface area contributed by atoms with Gasteiger partial charge in [-0.25, -0.2) is 0 Å². The largest absolute Gasteiger partial charge is 0.496 e. The van der Waals surface area contributed by atoms with E-state index in [1.807, 2.05) is 43.3 Å². The van der Waals surface area contributed by atoms with Gasteiger partial charge in [-0.05, 0) is 56.3 Å². The number of methoxy groups -OCH3 is 1. The van der Waals surface area contributed by atoms with Gasteiger partial charge in [-0.2, -0.15) is 0 Å². The van der Waals surface area contributed by atoms with Gasteiger partial charge in [0, 0.05) is 21.8 Å². The van der Waals surface area contributed by atoms with E-state index >= 15 is 0 Å². The molecule has 0 aliphatic carbocycles. The van der Waals surface area contributed by atoms with Gasteiger partial charge in [-0.1, -0.05) is 29.8 Å². The van der Waals surface area contributed by atoms with Crippen LogP contribution in [0, 0.1) is 6.92 Å². The molecule has 3 aromatic carbocycles. The van der Waals surface area contributed by atoms with E-state index in [-0.39, 0.29) is 5.91 Å². The number of nitrogens with one attached hydrogen (secondary N) is 1. The summed E-state index contributed by atoms with van der Waals surface area (Å²) in [4.78, 5) is 14.0. The van der Waals surface area contributed by atoms with Crippen molar-refractivity contribution in [3.63, 3.8) is 0 Å². The monoisotopic (exact) mass is 407 g/mol. The standard InChI is InChI=1S/C24H25NO3S/c1-4-28-23-8-6-5-7-21(23)25-24(26)18-11-14-22(27-3)19(15-18)16-29-20-12-9-17(2)10-13-20/h5-15H,4,16H2,1-3H3,(H,25,26). The van der Waals surface area contributed by atoms with Crippen molar-refractivity contribution in [2.75, 3.05) is 19.0 Å². The Morgan fingerprint density at radius 3 is 2.48 bits per heavy atom. The number of aryl methyl sites for hydroxylation is 1. The number of carbonyl (C=O) groups is 1. The van der Waals surface area contributed by atoms with Gasteiger partial charge in [0.25, 0.3) is 5.91 Å². The lowest BCUT2D eigenvalue weighted by Crippen LogP contribution is -2.13. The number of hydrogen-bond acceptors (Lipinski definition) is 4. The predicted octanol–water partition coefficient (Wildman–Crippen LogP) is 5.95. The molecule has 0 saturated carbocycles. The van der Waals surface area contributed by atoms with Gasteiger partial charge >= 0.3 is 0 Å². The van der Waals surface area contributed by atoms with E-state index in [4.69, 9.17) is 9.47 Å². The zero-order valence-corrected chi connectivity index (χ0v) is 17.7. The molecule has 3 aromatic rings. The van der Waals surface area contributed by atoms with Gasteiger partial charge in [0.1, 0.15) is 11.5 Å². The Bertz CT molecular complexity index is 970. The summed E-state index contributed by atoms with van der Waals surface area (Å²) < 4.78 is 11.1. The van der Waals surface area contributed by atoms with E-state index in [0.717, 1.165) is 11.3 Å². The minimum absolute atomic E-state index is 0.179. The van der Waals surface area contributed by atoms with Crippen LogP contribution in [0.2, 0.25) is 0 Å². The van der Waals surface area contributed by atoms with Crippen molar-refractivity contribution in [2.45, 2.75) is 24.5 Å². The summed E-state index contributed by atoms with van der Waals surface area (Å²) in [6.45, 7) is 4.53. The Hall–Kier alpha value is -2.92. The number of amides is 1. The molecule has 0 saturated heterocycles. The molecule has 0 unspecified atom stereocenters. The molecule has 0 aromatic heterocycles. The second kappa shape index (κ2) is 10.0. The fourth-order valence-electron chi connectivity index (χ4n) is 2.87. The molecule has 0 atom stereocenters. The molecular weight excluding hydrogens is 382 g/mol. The van der Waals surface area contributed by atoms with Crippen molar-refractivity contribution in [1.82, 2.24) is 0 Å². The molecule has 150 valence electrons. The van der Waals surface area contributed by atoms with Gasteiger partial charge < -0.3 is 14.8 Å². The Morgan fingerprint density at radius 1 is 1.00 bits per heavy atom. The number of benzene rings is 3. The number of hydrogen-bond donors (Lipinski definition) is 1. The van der Waals surface area contributed by atoms with E-state index in [1.54, 1.807) is 24.9 Å². The van der Waals surface area contributed by atoms with Crippen LogP contribution in [0.5, 0.6) is 11.5 Å². The SMILES string of the molecule is CCOc1ccccc1NC(=O)c1ccc(OC)c(CSc2ccc(C)cc2)c1. The third kappa shape index (κ3) is 5.55. The van der Waals surface area contributed by atoms with Crippen LogP contribution in [0.3, 0.4) is 0 Å². The zero-order valence-electron chi connectivity index (χ0n) is 16.9. The Balaban J connectivity index is 1.76. The highest BCUT2D eigenvalue weighted by Crippen LogP contribution is 2.30. The molecule has 4 nitrogen and oxygen atoms in total. The van der Waals surface area contributed by atoms with E-state index in [0.29, 0.717) is 29.4 Å². The Labute approximate surface area is 176 Å².